The molecule has 0 amide bonds. The van der Waals surface area contributed by atoms with E-state index in [0.717, 1.165) is 51.5 Å². The van der Waals surface area contributed by atoms with E-state index in [4.69, 9.17) is 4.98 Å². The number of hydrogen-bond donors (Lipinski definition) is 1. The third kappa shape index (κ3) is 6.07. The van der Waals surface area contributed by atoms with E-state index >= 15 is 0 Å². The molecule has 7 heteroatoms. The van der Waals surface area contributed by atoms with Crippen LogP contribution < -0.4 is 10.2 Å². The van der Waals surface area contributed by atoms with Crippen LogP contribution in [-0.4, -0.2) is 55.6 Å². The predicted molar refractivity (Wildman–Crippen MR) is 134 cm³/mol. The summed E-state index contributed by atoms with van der Waals surface area (Å²) in [4.78, 5) is 14.2. The van der Waals surface area contributed by atoms with Gasteiger partial charge in [-0.3, -0.25) is 4.99 Å². The Bertz CT molecular complexity index is 773. The lowest BCUT2D eigenvalue weighted by Crippen LogP contribution is -2.41. The molecule has 1 aromatic carbocycles. The molecule has 2 fully saturated rings. The SMILES string of the molecule is CN=C(NCCc1csc(N2CCCC2)n1)N1CCC(Cc2ccccc2)C1.I. The molecule has 1 atom stereocenters. The average Bonchev–Trinajstić information content (AvgIpc) is 3.47. The molecule has 1 aromatic heterocycles. The Hall–Kier alpha value is -1.35. The molecular formula is C22H32IN5S. The second-order valence-corrected chi connectivity index (χ2v) is 8.67. The highest BCUT2D eigenvalue weighted by molar-refractivity contribution is 14.0. The Balaban J connectivity index is 0.00000240. The first-order valence-electron chi connectivity index (χ1n) is 10.5. The van der Waals surface area contributed by atoms with Crippen molar-refractivity contribution >= 4 is 46.4 Å². The number of likely N-dealkylation sites (tertiary alicyclic amines) is 1. The van der Waals surface area contributed by atoms with Crippen molar-refractivity contribution in [2.75, 3.05) is 44.7 Å². The van der Waals surface area contributed by atoms with Crippen LogP contribution in [0.15, 0.2) is 40.7 Å². The van der Waals surface area contributed by atoms with Crippen molar-refractivity contribution in [3.05, 3.63) is 47.0 Å². The molecule has 1 unspecified atom stereocenters. The lowest BCUT2D eigenvalue weighted by atomic mass is 9.99. The van der Waals surface area contributed by atoms with E-state index in [1.54, 1.807) is 11.3 Å². The first kappa shape index (κ1) is 22.3. The average molecular weight is 526 g/mol. The van der Waals surface area contributed by atoms with Gasteiger partial charge in [-0.2, -0.15) is 0 Å². The summed E-state index contributed by atoms with van der Waals surface area (Å²) in [5.74, 6) is 1.74. The van der Waals surface area contributed by atoms with Crippen molar-refractivity contribution in [2.45, 2.75) is 32.1 Å². The standard InChI is InChI=1S/C22H31N5S.HI/c1-23-21(27-14-10-19(16-27)15-18-7-3-2-4-8-18)24-11-9-20-17-28-22(25-20)26-12-5-6-13-26;/h2-4,7-8,17,19H,5-6,9-16H2,1H3,(H,23,24);1H. The molecule has 2 aromatic rings. The second kappa shape index (κ2) is 11.2. The summed E-state index contributed by atoms with van der Waals surface area (Å²) in [6, 6.07) is 10.8. The Morgan fingerprint density at radius 2 is 2.00 bits per heavy atom. The van der Waals surface area contributed by atoms with Gasteiger partial charge in [-0.25, -0.2) is 4.98 Å². The van der Waals surface area contributed by atoms with Crippen molar-refractivity contribution < 1.29 is 0 Å². The molecule has 2 aliphatic heterocycles. The molecule has 0 aliphatic carbocycles. The molecule has 2 saturated heterocycles. The van der Waals surface area contributed by atoms with Gasteiger partial charge in [0.2, 0.25) is 0 Å². The van der Waals surface area contributed by atoms with Crippen LogP contribution in [0.4, 0.5) is 5.13 Å². The zero-order valence-electron chi connectivity index (χ0n) is 17.2. The van der Waals surface area contributed by atoms with E-state index in [9.17, 15) is 0 Å². The van der Waals surface area contributed by atoms with Crippen LogP contribution in [0.5, 0.6) is 0 Å². The minimum Gasteiger partial charge on any atom is -0.356 e. The van der Waals surface area contributed by atoms with Gasteiger partial charge in [0.15, 0.2) is 11.1 Å². The lowest BCUT2D eigenvalue weighted by Gasteiger charge is -2.21. The highest BCUT2D eigenvalue weighted by Gasteiger charge is 2.25. The predicted octanol–water partition coefficient (Wildman–Crippen LogP) is 4.04. The smallest absolute Gasteiger partial charge is 0.193 e. The van der Waals surface area contributed by atoms with Crippen LogP contribution >= 0.6 is 35.3 Å². The Kier molecular flexibility index (Phi) is 8.59. The minimum atomic E-state index is 0. The van der Waals surface area contributed by atoms with Crippen LogP contribution in [0.3, 0.4) is 0 Å². The summed E-state index contributed by atoms with van der Waals surface area (Å²) in [7, 11) is 1.89. The molecule has 0 bridgehead atoms. The number of hydrogen-bond acceptors (Lipinski definition) is 4. The van der Waals surface area contributed by atoms with E-state index in [0.29, 0.717) is 5.92 Å². The van der Waals surface area contributed by atoms with Gasteiger partial charge in [0, 0.05) is 51.6 Å². The molecular weight excluding hydrogens is 493 g/mol. The molecule has 0 radical (unpaired) electrons. The molecule has 4 rings (SSSR count). The minimum absolute atomic E-state index is 0. The monoisotopic (exact) mass is 525 g/mol. The van der Waals surface area contributed by atoms with Gasteiger partial charge in [0.1, 0.15) is 0 Å². The van der Waals surface area contributed by atoms with Gasteiger partial charge >= 0.3 is 0 Å². The summed E-state index contributed by atoms with van der Waals surface area (Å²) in [5, 5.41) is 6.96. The van der Waals surface area contributed by atoms with Crippen molar-refractivity contribution in [3.8, 4) is 0 Å². The highest BCUT2D eigenvalue weighted by Crippen LogP contribution is 2.24. The number of aliphatic imine (C=N–C) groups is 1. The van der Waals surface area contributed by atoms with Crippen molar-refractivity contribution in [3.63, 3.8) is 0 Å². The normalized spacial score (nSPS) is 19.5. The maximum absolute atomic E-state index is 4.82. The van der Waals surface area contributed by atoms with Crippen molar-refractivity contribution in [1.82, 2.24) is 15.2 Å². The van der Waals surface area contributed by atoms with E-state index < -0.39 is 0 Å². The molecule has 0 spiro atoms. The number of nitrogens with one attached hydrogen (secondary N) is 1. The van der Waals surface area contributed by atoms with Gasteiger partial charge in [0.05, 0.1) is 5.69 Å². The molecule has 29 heavy (non-hydrogen) atoms. The summed E-state index contributed by atoms with van der Waals surface area (Å²) in [6.45, 7) is 5.39. The fraction of sp³-hybridized carbons (Fsp3) is 0.545. The van der Waals surface area contributed by atoms with Crippen LogP contribution in [0, 0.1) is 5.92 Å². The largest absolute Gasteiger partial charge is 0.356 e. The number of thiazole rings is 1. The third-order valence-electron chi connectivity index (χ3n) is 5.74. The van der Waals surface area contributed by atoms with Crippen molar-refractivity contribution in [1.29, 1.82) is 0 Å². The number of nitrogens with zero attached hydrogens (tertiary/aromatic N) is 4. The number of halogens is 1. The van der Waals surface area contributed by atoms with Gasteiger partial charge < -0.3 is 15.1 Å². The molecule has 158 valence electrons. The lowest BCUT2D eigenvalue weighted by molar-refractivity contribution is 0.460. The molecule has 2 aliphatic rings. The van der Waals surface area contributed by atoms with Gasteiger partial charge in [-0.1, -0.05) is 30.3 Å². The topological polar surface area (TPSA) is 43.8 Å². The van der Waals surface area contributed by atoms with Crippen molar-refractivity contribution in [2.24, 2.45) is 10.9 Å². The molecule has 3 heterocycles. The molecule has 0 saturated carbocycles. The highest BCUT2D eigenvalue weighted by atomic mass is 127. The third-order valence-corrected chi connectivity index (χ3v) is 6.70. The Morgan fingerprint density at radius 3 is 2.76 bits per heavy atom. The van der Waals surface area contributed by atoms with Gasteiger partial charge in [0.25, 0.3) is 0 Å². The summed E-state index contributed by atoms with van der Waals surface area (Å²) in [6.07, 6.45) is 5.94. The fourth-order valence-electron chi connectivity index (χ4n) is 4.24. The molecule has 1 N–H and O–H groups in total. The van der Waals surface area contributed by atoms with Gasteiger partial charge in [-0.05, 0) is 37.2 Å². The van der Waals surface area contributed by atoms with Crippen LogP contribution in [-0.2, 0) is 12.8 Å². The second-order valence-electron chi connectivity index (χ2n) is 7.83. The first-order valence-corrected chi connectivity index (χ1v) is 11.4. The first-order chi connectivity index (χ1) is 13.8. The summed E-state index contributed by atoms with van der Waals surface area (Å²) >= 11 is 1.78. The number of rotatable bonds is 6. The number of benzene rings is 1. The van der Waals surface area contributed by atoms with Crippen LogP contribution in [0.25, 0.3) is 0 Å². The van der Waals surface area contributed by atoms with Crippen LogP contribution in [0.1, 0.15) is 30.5 Å². The van der Waals surface area contributed by atoms with E-state index in [2.05, 4.69) is 55.8 Å². The number of guanidine groups is 1. The summed E-state index contributed by atoms with van der Waals surface area (Å²) in [5.41, 5.74) is 2.63. The van der Waals surface area contributed by atoms with Gasteiger partial charge in [-0.15, -0.1) is 35.3 Å². The van der Waals surface area contributed by atoms with E-state index in [1.165, 1.54) is 35.7 Å². The fourth-order valence-corrected chi connectivity index (χ4v) is 5.15. The molecule has 5 nitrogen and oxygen atoms in total. The van der Waals surface area contributed by atoms with E-state index in [1.807, 2.05) is 7.05 Å². The number of aromatic nitrogens is 1. The summed E-state index contributed by atoms with van der Waals surface area (Å²) < 4.78 is 0. The Labute approximate surface area is 195 Å². The van der Waals surface area contributed by atoms with E-state index in [-0.39, 0.29) is 24.0 Å². The van der Waals surface area contributed by atoms with Crippen LogP contribution in [0.2, 0.25) is 0 Å². The quantitative estimate of drug-likeness (QED) is 0.351. The number of anilines is 1. The Morgan fingerprint density at radius 1 is 1.21 bits per heavy atom. The maximum Gasteiger partial charge on any atom is 0.193 e. The zero-order valence-corrected chi connectivity index (χ0v) is 20.4. The zero-order chi connectivity index (χ0) is 19.2. The maximum atomic E-state index is 4.82.